The highest BCUT2D eigenvalue weighted by Gasteiger charge is 2.35. The molecule has 0 fully saturated rings. The van der Waals surface area contributed by atoms with Crippen LogP contribution in [0.5, 0.6) is 0 Å². The Morgan fingerprint density at radius 3 is 2.31 bits per heavy atom. The van der Waals surface area contributed by atoms with Gasteiger partial charge in [-0.15, -0.1) is 0 Å². The topological polar surface area (TPSA) is 72.9 Å². The summed E-state index contributed by atoms with van der Waals surface area (Å²) in [5.74, 6) is 0.147. The largest absolute Gasteiger partial charge is 0.331 e. The summed E-state index contributed by atoms with van der Waals surface area (Å²) in [5, 5.41) is 18.8. The summed E-state index contributed by atoms with van der Waals surface area (Å²) < 4.78 is 1.90. The first kappa shape index (κ1) is 21.3. The van der Waals surface area contributed by atoms with Gasteiger partial charge in [-0.2, -0.15) is 5.26 Å². The second kappa shape index (κ2) is 9.07. The summed E-state index contributed by atoms with van der Waals surface area (Å²) in [6.07, 6.45) is 2.65. The van der Waals surface area contributed by atoms with Crippen LogP contribution in [0.15, 0.2) is 72.3 Å². The van der Waals surface area contributed by atoms with Gasteiger partial charge in [0, 0.05) is 16.9 Å². The number of nitrogens with zero attached hydrogens (tertiary/aromatic N) is 3. The molecule has 0 radical (unpaired) electrons. The molecule has 160 valence electrons. The molecule has 5 heteroatoms. The fourth-order valence-corrected chi connectivity index (χ4v) is 4.34. The molecule has 1 aromatic heterocycles. The van der Waals surface area contributed by atoms with E-state index in [-0.39, 0.29) is 18.2 Å². The molecule has 5 nitrogen and oxygen atoms in total. The van der Waals surface area contributed by atoms with Crippen molar-refractivity contribution in [2.24, 2.45) is 0 Å². The molecule has 32 heavy (non-hydrogen) atoms. The normalized spacial score (nSPS) is 12.6. The van der Waals surface area contributed by atoms with E-state index in [1.54, 1.807) is 12.1 Å². The first-order valence-electron chi connectivity index (χ1n) is 11.0. The van der Waals surface area contributed by atoms with E-state index in [4.69, 9.17) is 5.41 Å². The lowest BCUT2D eigenvalue weighted by atomic mass is 10.1. The minimum absolute atomic E-state index is 0.0414. The molecule has 3 aromatic rings. The third-order valence-electron chi connectivity index (χ3n) is 5.85. The number of allylic oxidation sites excluding steroid dienone is 1. The second-order valence-corrected chi connectivity index (χ2v) is 7.84. The number of ketones is 1. The maximum Gasteiger partial charge on any atom is 0.182 e. The SMILES string of the molecule is CCCc1c(CC)cc2n1C(=N)C(C#N)=C2N(CC(=O)c1ccccc1)c1ccccc1. The van der Waals surface area contributed by atoms with Crippen molar-refractivity contribution in [1.82, 2.24) is 4.57 Å². The third kappa shape index (κ3) is 3.65. The van der Waals surface area contributed by atoms with Gasteiger partial charge in [0.05, 0.1) is 17.9 Å². The molecule has 0 aliphatic carbocycles. The molecule has 0 atom stereocenters. The van der Waals surface area contributed by atoms with Gasteiger partial charge in [-0.05, 0) is 36.6 Å². The molecule has 1 aliphatic rings. The standard InChI is InChI=1S/C27H26N4O/c1-3-11-23-19(4-2)16-24-26(22(17-28)27(29)31(23)24)30(21-14-9-6-10-15-21)18-25(32)20-12-7-5-8-13-20/h5-10,12-16,29H,3-4,11,18H2,1-2H3. The van der Waals surface area contributed by atoms with Gasteiger partial charge in [-0.1, -0.05) is 68.8 Å². The summed E-state index contributed by atoms with van der Waals surface area (Å²) in [7, 11) is 0. The molecular formula is C27H26N4O. The van der Waals surface area contributed by atoms with E-state index in [0.717, 1.165) is 36.3 Å². The van der Waals surface area contributed by atoms with Gasteiger partial charge in [0.25, 0.3) is 0 Å². The Balaban J connectivity index is 1.88. The van der Waals surface area contributed by atoms with Crippen molar-refractivity contribution >= 4 is 23.0 Å². The number of Topliss-reactive ketones (excluding diaryl/α,β-unsaturated/α-hetero) is 1. The molecule has 0 unspecified atom stereocenters. The van der Waals surface area contributed by atoms with Crippen LogP contribution in [-0.4, -0.2) is 22.7 Å². The van der Waals surface area contributed by atoms with E-state index >= 15 is 0 Å². The van der Waals surface area contributed by atoms with Crippen molar-refractivity contribution in [3.8, 4) is 6.07 Å². The summed E-state index contributed by atoms with van der Waals surface area (Å²) in [4.78, 5) is 15.1. The number of para-hydroxylation sites is 1. The first-order chi connectivity index (χ1) is 15.6. The van der Waals surface area contributed by atoms with Gasteiger partial charge in [0.1, 0.15) is 17.5 Å². The number of hydrogen-bond donors (Lipinski definition) is 1. The first-order valence-corrected chi connectivity index (χ1v) is 11.0. The highest BCUT2D eigenvalue weighted by molar-refractivity contribution is 6.16. The summed E-state index contributed by atoms with van der Waals surface area (Å²) in [5.41, 5.74) is 5.45. The minimum atomic E-state index is -0.0414. The number of rotatable bonds is 8. The molecule has 4 rings (SSSR count). The fraction of sp³-hybridized carbons (Fsp3) is 0.222. The van der Waals surface area contributed by atoms with Gasteiger partial charge >= 0.3 is 0 Å². The Hall–Kier alpha value is -3.91. The molecule has 0 saturated heterocycles. The van der Waals surface area contributed by atoms with Gasteiger partial charge in [-0.25, -0.2) is 0 Å². The Bertz CT molecular complexity index is 1230. The maximum atomic E-state index is 13.2. The van der Waals surface area contributed by atoms with E-state index in [1.165, 1.54) is 5.56 Å². The van der Waals surface area contributed by atoms with Crippen LogP contribution in [0, 0.1) is 16.7 Å². The van der Waals surface area contributed by atoms with Crippen molar-refractivity contribution in [2.75, 3.05) is 11.4 Å². The number of aromatic nitrogens is 1. The Morgan fingerprint density at radius 2 is 1.72 bits per heavy atom. The van der Waals surface area contributed by atoms with Crippen LogP contribution in [0.2, 0.25) is 0 Å². The molecule has 0 saturated carbocycles. The molecule has 2 heterocycles. The molecule has 1 N–H and O–H groups in total. The lowest BCUT2D eigenvalue weighted by Gasteiger charge is -2.25. The van der Waals surface area contributed by atoms with E-state index in [9.17, 15) is 10.1 Å². The number of carbonyl (C=O) groups is 1. The average Bonchev–Trinajstić information content (AvgIpc) is 3.32. The summed E-state index contributed by atoms with van der Waals surface area (Å²) >= 11 is 0. The van der Waals surface area contributed by atoms with Crippen LogP contribution in [0.4, 0.5) is 5.69 Å². The minimum Gasteiger partial charge on any atom is -0.331 e. The molecule has 0 spiro atoms. The highest BCUT2D eigenvalue weighted by atomic mass is 16.1. The fourth-order valence-electron chi connectivity index (χ4n) is 4.34. The van der Waals surface area contributed by atoms with Crippen molar-refractivity contribution in [3.05, 3.63) is 94.8 Å². The molecule has 0 amide bonds. The number of aryl methyl sites for hydroxylation is 1. The number of hydrogen-bond acceptors (Lipinski definition) is 4. The number of fused-ring (bicyclic) bond motifs is 1. The van der Waals surface area contributed by atoms with Crippen LogP contribution in [0.3, 0.4) is 0 Å². The van der Waals surface area contributed by atoms with Gasteiger partial charge in [-0.3, -0.25) is 14.8 Å². The predicted molar refractivity (Wildman–Crippen MR) is 128 cm³/mol. The van der Waals surface area contributed by atoms with Crippen molar-refractivity contribution in [2.45, 2.75) is 33.1 Å². The number of anilines is 1. The monoisotopic (exact) mass is 422 g/mol. The van der Waals surface area contributed by atoms with Gasteiger partial charge in [0.15, 0.2) is 5.78 Å². The number of benzene rings is 2. The van der Waals surface area contributed by atoms with Crippen molar-refractivity contribution in [3.63, 3.8) is 0 Å². The zero-order chi connectivity index (χ0) is 22.7. The number of carbonyl (C=O) groups excluding carboxylic acids is 1. The molecular weight excluding hydrogens is 396 g/mol. The van der Waals surface area contributed by atoms with E-state index in [0.29, 0.717) is 16.8 Å². The van der Waals surface area contributed by atoms with E-state index in [1.807, 2.05) is 58.0 Å². The number of nitriles is 1. The maximum absolute atomic E-state index is 13.2. The predicted octanol–water partition coefficient (Wildman–Crippen LogP) is 5.47. The van der Waals surface area contributed by atoms with Crippen LogP contribution >= 0.6 is 0 Å². The average molecular weight is 423 g/mol. The lowest BCUT2D eigenvalue weighted by Crippen LogP contribution is -2.29. The Morgan fingerprint density at radius 1 is 1.06 bits per heavy atom. The van der Waals surface area contributed by atoms with E-state index in [2.05, 4.69) is 26.0 Å². The van der Waals surface area contributed by atoms with Gasteiger partial charge in [0.2, 0.25) is 0 Å². The highest BCUT2D eigenvalue weighted by Crippen LogP contribution is 2.38. The summed E-state index contributed by atoms with van der Waals surface area (Å²) in [6.45, 7) is 4.31. The zero-order valence-corrected chi connectivity index (χ0v) is 18.4. The second-order valence-electron chi connectivity index (χ2n) is 7.84. The quantitative estimate of drug-likeness (QED) is 0.490. The smallest absolute Gasteiger partial charge is 0.182 e. The third-order valence-corrected chi connectivity index (χ3v) is 5.85. The Kier molecular flexibility index (Phi) is 6.04. The Labute approximate surface area is 188 Å². The molecule has 0 bridgehead atoms. The molecule has 1 aliphatic heterocycles. The van der Waals surface area contributed by atoms with Crippen molar-refractivity contribution < 1.29 is 4.79 Å². The van der Waals surface area contributed by atoms with Crippen molar-refractivity contribution in [1.29, 1.82) is 10.7 Å². The molecule has 2 aromatic carbocycles. The summed E-state index contributed by atoms with van der Waals surface area (Å²) in [6, 6.07) is 23.2. The lowest BCUT2D eigenvalue weighted by molar-refractivity contribution is 0.100. The zero-order valence-electron chi connectivity index (χ0n) is 18.4. The van der Waals surface area contributed by atoms with Crippen LogP contribution < -0.4 is 4.90 Å². The van der Waals surface area contributed by atoms with Gasteiger partial charge < -0.3 is 4.90 Å². The number of nitrogens with one attached hydrogen (secondary N) is 1. The van der Waals surface area contributed by atoms with Crippen LogP contribution in [-0.2, 0) is 12.8 Å². The van der Waals surface area contributed by atoms with E-state index < -0.39 is 0 Å². The van der Waals surface area contributed by atoms with Crippen LogP contribution in [0.1, 0.15) is 47.6 Å². The van der Waals surface area contributed by atoms with Crippen LogP contribution in [0.25, 0.3) is 5.70 Å².